The molecule has 29 heavy (non-hydrogen) atoms. The van der Waals surface area contributed by atoms with Crippen LogP contribution in [0.4, 0.5) is 4.39 Å². The number of H-pyrrole nitrogens is 1. The van der Waals surface area contributed by atoms with E-state index in [9.17, 15) is 14.0 Å². The number of ketones is 1. The van der Waals surface area contributed by atoms with Gasteiger partial charge in [0.1, 0.15) is 5.82 Å². The molecule has 0 aliphatic carbocycles. The van der Waals surface area contributed by atoms with Gasteiger partial charge in [0.05, 0.1) is 29.2 Å². The molecule has 0 radical (unpaired) electrons. The zero-order valence-corrected chi connectivity index (χ0v) is 17.6. The van der Waals surface area contributed by atoms with Crippen molar-refractivity contribution in [2.24, 2.45) is 7.05 Å². The number of esters is 1. The Bertz CT molecular complexity index is 1090. The second kappa shape index (κ2) is 8.20. The average Bonchev–Trinajstić information content (AvgIpc) is 3.20. The first-order valence-corrected chi connectivity index (χ1v) is 9.76. The third-order valence-corrected chi connectivity index (χ3v) is 5.81. The molecule has 2 heterocycles. The number of aromatic nitrogens is 4. The highest BCUT2D eigenvalue weighted by Gasteiger charge is 2.27. The van der Waals surface area contributed by atoms with Crippen LogP contribution in [-0.2, 0) is 11.8 Å². The van der Waals surface area contributed by atoms with E-state index in [4.69, 9.17) is 4.74 Å². The molecule has 2 aromatic heterocycles. The molecule has 3 rings (SSSR count). The standard InChI is InChI=1S/C20H21FN4O3S/c1-10-15(19(27)28-5)11(2)22-16(10)17(26)12(3)29-20-24-23-18(25(20)4)13-8-6-7-9-14(13)21/h6-9,12,22H,1-5H3/t12-/m0/s1. The summed E-state index contributed by atoms with van der Waals surface area (Å²) in [4.78, 5) is 27.9. The molecule has 0 amide bonds. The van der Waals surface area contributed by atoms with Gasteiger partial charge < -0.3 is 14.3 Å². The fourth-order valence-corrected chi connectivity index (χ4v) is 3.99. The van der Waals surface area contributed by atoms with Crippen LogP contribution in [0.3, 0.4) is 0 Å². The van der Waals surface area contributed by atoms with Crippen molar-refractivity contribution in [1.82, 2.24) is 19.7 Å². The molecule has 0 aliphatic heterocycles. The number of hydrogen-bond acceptors (Lipinski definition) is 6. The molecule has 1 N–H and O–H groups in total. The average molecular weight is 416 g/mol. The number of nitrogens with one attached hydrogen (secondary N) is 1. The van der Waals surface area contributed by atoms with Gasteiger partial charge >= 0.3 is 5.97 Å². The Hall–Kier alpha value is -2.94. The van der Waals surface area contributed by atoms with Crippen LogP contribution in [0, 0.1) is 19.7 Å². The Balaban J connectivity index is 1.85. The van der Waals surface area contributed by atoms with Crippen LogP contribution in [0.2, 0.25) is 0 Å². The number of nitrogens with zero attached hydrogens (tertiary/aromatic N) is 3. The smallest absolute Gasteiger partial charge is 0.339 e. The van der Waals surface area contributed by atoms with Crippen LogP contribution in [0.1, 0.15) is 39.0 Å². The summed E-state index contributed by atoms with van der Waals surface area (Å²) in [5.74, 6) is -0.679. The van der Waals surface area contributed by atoms with Gasteiger partial charge in [-0.05, 0) is 38.5 Å². The lowest BCUT2D eigenvalue weighted by atomic mass is 10.1. The van der Waals surface area contributed by atoms with Gasteiger partial charge in [0, 0.05) is 12.7 Å². The number of thioether (sulfide) groups is 1. The molecule has 1 aromatic carbocycles. The van der Waals surface area contributed by atoms with Gasteiger partial charge in [0.25, 0.3) is 0 Å². The Morgan fingerprint density at radius 2 is 1.93 bits per heavy atom. The maximum absolute atomic E-state index is 14.1. The molecule has 0 bridgehead atoms. The first kappa shape index (κ1) is 20.8. The highest BCUT2D eigenvalue weighted by Crippen LogP contribution is 2.29. The van der Waals surface area contributed by atoms with Crippen molar-refractivity contribution in [3.8, 4) is 11.4 Å². The number of ether oxygens (including phenoxy) is 1. The molecule has 7 nitrogen and oxygen atoms in total. The van der Waals surface area contributed by atoms with Gasteiger partial charge in [-0.15, -0.1) is 10.2 Å². The normalized spacial score (nSPS) is 12.1. The number of carbonyl (C=O) groups excluding carboxylic acids is 2. The summed E-state index contributed by atoms with van der Waals surface area (Å²) in [5.41, 5.74) is 2.20. The first-order chi connectivity index (χ1) is 13.8. The summed E-state index contributed by atoms with van der Waals surface area (Å²) >= 11 is 1.21. The van der Waals surface area contributed by atoms with Crippen LogP contribution in [0.15, 0.2) is 29.4 Å². The topological polar surface area (TPSA) is 89.9 Å². The monoisotopic (exact) mass is 416 g/mol. The van der Waals surface area contributed by atoms with Crippen molar-refractivity contribution >= 4 is 23.5 Å². The summed E-state index contributed by atoms with van der Waals surface area (Å²) in [6.45, 7) is 5.17. The van der Waals surface area contributed by atoms with Crippen LogP contribution in [0.5, 0.6) is 0 Å². The van der Waals surface area contributed by atoms with Crippen LogP contribution >= 0.6 is 11.8 Å². The lowest BCUT2D eigenvalue weighted by molar-refractivity contribution is 0.0599. The number of aryl methyl sites for hydroxylation is 1. The van der Waals surface area contributed by atoms with Gasteiger partial charge in [0.2, 0.25) is 0 Å². The third-order valence-electron chi connectivity index (χ3n) is 4.67. The highest BCUT2D eigenvalue weighted by molar-refractivity contribution is 8.00. The first-order valence-electron chi connectivity index (χ1n) is 8.88. The Kier molecular flexibility index (Phi) is 5.88. The Morgan fingerprint density at radius 1 is 1.24 bits per heavy atom. The fourth-order valence-electron chi connectivity index (χ4n) is 3.11. The van der Waals surface area contributed by atoms with E-state index in [1.807, 2.05) is 0 Å². The largest absolute Gasteiger partial charge is 0.465 e. The molecule has 9 heteroatoms. The molecule has 0 saturated heterocycles. The lowest BCUT2D eigenvalue weighted by Crippen LogP contribution is -2.16. The van der Waals surface area contributed by atoms with E-state index in [2.05, 4.69) is 15.2 Å². The maximum atomic E-state index is 14.1. The summed E-state index contributed by atoms with van der Waals surface area (Å²) in [7, 11) is 3.02. The molecule has 0 fully saturated rings. The van der Waals surface area contributed by atoms with Crippen molar-refractivity contribution in [2.45, 2.75) is 31.2 Å². The quantitative estimate of drug-likeness (QED) is 0.374. The zero-order valence-electron chi connectivity index (χ0n) is 16.7. The van der Waals surface area contributed by atoms with Crippen LogP contribution in [0.25, 0.3) is 11.4 Å². The van der Waals surface area contributed by atoms with Crippen molar-refractivity contribution in [2.75, 3.05) is 7.11 Å². The Labute approximate surface area is 171 Å². The zero-order chi connectivity index (χ0) is 21.3. The minimum atomic E-state index is -0.506. The van der Waals surface area contributed by atoms with E-state index in [0.29, 0.717) is 39.1 Å². The number of hydrogen-bond donors (Lipinski definition) is 1. The minimum absolute atomic E-state index is 0.179. The summed E-state index contributed by atoms with van der Waals surface area (Å²) in [6, 6.07) is 6.32. The molecule has 152 valence electrons. The van der Waals surface area contributed by atoms with E-state index in [1.165, 1.54) is 24.9 Å². The number of rotatable bonds is 6. The van der Waals surface area contributed by atoms with E-state index in [-0.39, 0.29) is 5.78 Å². The molecule has 0 unspecified atom stereocenters. The SMILES string of the molecule is COC(=O)c1c(C)[nH]c(C(=O)[C@H](C)Sc2nnc(-c3ccccc3F)n2C)c1C. The number of carbonyl (C=O) groups is 2. The molecule has 1 atom stereocenters. The van der Waals surface area contributed by atoms with Gasteiger partial charge in [-0.25, -0.2) is 9.18 Å². The summed E-state index contributed by atoms with van der Waals surface area (Å²) < 4.78 is 20.5. The predicted molar refractivity (Wildman–Crippen MR) is 108 cm³/mol. The summed E-state index contributed by atoms with van der Waals surface area (Å²) in [5, 5.41) is 8.16. The molecule has 0 saturated carbocycles. The van der Waals surface area contributed by atoms with Crippen molar-refractivity contribution in [1.29, 1.82) is 0 Å². The maximum Gasteiger partial charge on any atom is 0.339 e. The second-order valence-corrected chi connectivity index (χ2v) is 7.89. The summed E-state index contributed by atoms with van der Waals surface area (Å²) in [6.07, 6.45) is 0. The van der Waals surface area contributed by atoms with Crippen molar-refractivity contribution < 1.29 is 18.7 Å². The molecule has 0 spiro atoms. The van der Waals surface area contributed by atoms with E-state index >= 15 is 0 Å². The second-order valence-electron chi connectivity index (χ2n) is 6.59. The minimum Gasteiger partial charge on any atom is -0.465 e. The lowest BCUT2D eigenvalue weighted by Gasteiger charge is -2.10. The molecule has 0 aliphatic rings. The van der Waals surface area contributed by atoms with Gasteiger partial charge in [-0.2, -0.15) is 0 Å². The number of Topliss-reactive ketones (excluding diaryl/α,β-unsaturated/α-hetero) is 1. The fraction of sp³-hybridized carbons (Fsp3) is 0.300. The van der Waals surface area contributed by atoms with Crippen LogP contribution in [-0.4, -0.2) is 43.9 Å². The number of aromatic amines is 1. The van der Waals surface area contributed by atoms with Crippen LogP contribution < -0.4 is 0 Å². The van der Waals surface area contributed by atoms with Gasteiger partial charge in [-0.1, -0.05) is 23.9 Å². The predicted octanol–water partition coefficient (Wildman–Crippen LogP) is 3.72. The molecular formula is C20H21FN4O3S. The van der Waals surface area contributed by atoms with E-state index in [0.717, 1.165) is 0 Å². The number of methoxy groups -OCH3 is 1. The van der Waals surface area contributed by atoms with E-state index < -0.39 is 17.0 Å². The third kappa shape index (κ3) is 3.82. The van der Waals surface area contributed by atoms with Crippen molar-refractivity contribution in [3.05, 3.63) is 52.6 Å². The molecular weight excluding hydrogens is 395 g/mol. The Morgan fingerprint density at radius 3 is 2.59 bits per heavy atom. The number of halogens is 1. The highest BCUT2D eigenvalue weighted by atomic mass is 32.2. The van der Waals surface area contributed by atoms with Gasteiger partial charge in [-0.3, -0.25) is 4.79 Å². The molecule has 3 aromatic rings. The van der Waals surface area contributed by atoms with Gasteiger partial charge in [0.15, 0.2) is 16.8 Å². The van der Waals surface area contributed by atoms with E-state index in [1.54, 1.807) is 50.6 Å². The number of benzene rings is 1. The van der Waals surface area contributed by atoms with Crippen molar-refractivity contribution in [3.63, 3.8) is 0 Å².